The van der Waals surface area contributed by atoms with Crippen molar-refractivity contribution in [1.29, 1.82) is 0 Å². The standard InChI is InChI=1S/C22H30N2O6S/c1-5-28-18-10-7-8-11-19(18)30-15-9-12-22(25)23-17-13-14-20(29-6-2)21(16-17)31(26,27)24(3)4/h7-8,10-11,13-14,16H,5-6,9,12,15H2,1-4H3,(H,23,25). The molecule has 0 aliphatic carbocycles. The molecule has 0 heterocycles. The molecule has 0 fully saturated rings. The summed E-state index contributed by atoms with van der Waals surface area (Å²) in [7, 11) is -0.834. The monoisotopic (exact) mass is 450 g/mol. The molecule has 0 atom stereocenters. The van der Waals surface area contributed by atoms with Gasteiger partial charge < -0.3 is 19.5 Å². The van der Waals surface area contributed by atoms with Crippen LogP contribution in [0.5, 0.6) is 17.2 Å². The Morgan fingerprint density at radius 2 is 1.55 bits per heavy atom. The SMILES string of the molecule is CCOc1ccccc1OCCCC(=O)Nc1ccc(OCC)c(S(=O)(=O)N(C)C)c1. The van der Waals surface area contributed by atoms with Gasteiger partial charge in [0.2, 0.25) is 15.9 Å². The highest BCUT2D eigenvalue weighted by atomic mass is 32.2. The zero-order valence-corrected chi connectivity index (χ0v) is 19.2. The molecule has 9 heteroatoms. The molecule has 2 aromatic rings. The van der Waals surface area contributed by atoms with Crippen LogP contribution < -0.4 is 19.5 Å². The van der Waals surface area contributed by atoms with Gasteiger partial charge in [0.25, 0.3) is 0 Å². The van der Waals surface area contributed by atoms with Gasteiger partial charge in [0, 0.05) is 26.2 Å². The van der Waals surface area contributed by atoms with Crippen molar-refractivity contribution in [2.24, 2.45) is 0 Å². The van der Waals surface area contributed by atoms with Crippen molar-refractivity contribution in [2.75, 3.05) is 39.2 Å². The van der Waals surface area contributed by atoms with E-state index in [4.69, 9.17) is 14.2 Å². The summed E-state index contributed by atoms with van der Waals surface area (Å²) in [6.45, 7) is 4.89. The molecule has 0 radical (unpaired) electrons. The van der Waals surface area contributed by atoms with Gasteiger partial charge in [0.1, 0.15) is 10.6 Å². The lowest BCUT2D eigenvalue weighted by Crippen LogP contribution is -2.23. The van der Waals surface area contributed by atoms with Crippen molar-refractivity contribution in [3.05, 3.63) is 42.5 Å². The van der Waals surface area contributed by atoms with E-state index < -0.39 is 10.0 Å². The number of anilines is 1. The quantitative estimate of drug-likeness (QED) is 0.497. The van der Waals surface area contributed by atoms with E-state index >= 15 is 0 Å². The van der Waals surface area contributed by atoms with Crippen LogP contribution in [0.2, 0.25) is 0 Å². The minimum atomic E-state index is -3.72. The Bertz CT molecular complexity index is 976. The summed E-state index contributed by atoms with van der Waals surface area (Å²) >= 11 is 0. The second-order valence-corrected chi connectivity index (χ2v) is 8.88. The van der Waals surface area contributed by atoms with Crippen LogP contribution in [0.25, 0.3) is 0 Å². The van der Waals surface area contributed by atoms with Crippen LogP contribution in [0.4, 0.5) is 5.69 Å². The van der Waals surface area contributed by atoms with E-state index in [9.17, 15) is 13.2 Å². The Labute approximate surface area is 184 Å². The van der Waals surface area contributed by atoms with Crippen LogP contribution >= 0.6 is 0 Å². The average molecular weight is 451 g/mol. The van der Waals surface area contributed by atoms with Crippen molar-refractivity contribution < 1.29 is 27.4 Å². The molecule has 0 aliphatic heterocycles. The van der Waals surface area contributed by atoms with Gasteiger partial charge in [-0.3, -0.25) is 4.79 Å². The molecule has 8 nitrogen and oxygen atoms in total. The second-order valence-electron chi connectivity index (χ2n) is 6.76. The number of carbonyl (C=O) groups is 1. The van der Waals surface area contributed by atoms with E-state index in [2.05, 4.69) is 5.32 Å². The Balaban J connectivity index is 1.96. The van der Waals surface area contributed by atoms with Crippen LogP contribution in [0, 0.1) is 0 Å². The van der Waals surface area contributed by atoms with Gasteiger partial charge >= 0.3 is 0 Å². The molecule has 0 spiro atoms. The van der Waals surface area contributed by atoms with Crippen molar-refractivity contribution >= 4 is 21.6 Å². The first kappa shape index (κ1) is 24.5. The highest BCUT2D eigenvalue weighted by Crippen LogP contribution is 2.29. The fourth-order valence-electron chi connectivity index (χ4n) is 2.74. The van der Waals surface area contributed by atoms with Crippen molar-refractivity contribution in [3.63, 3.8) is 0 Å². The summed E-state index contributed by atoms with van der Waals surface area (Å²) in [5, 5.41) is 2.74. The maximum absolute atomic E-state index is 12.6. The van der Waals surface area contributed by atoms with E-state index in [-0.39, 0.29) is 23.0 Å². The molecule has 1 amide bonds. The molecule has 0 aliphatic rings. The molecule has 2 rings (SSSR count). The predicted octanol–water partition coefficient (Wildman–Crippen LogP) is 3.53. The number of benzene rings is 2. The summed E-state index contributed by atoms with van der Waals surface area (Å²) < 4.78 is 43.0. The first-order valence-corrected chi connectivity index (χ1v) is 11.6. The Hall–Kier alpha value is -2.78. The van der Waals surface area contributed by atoms with E-state index in [0.29, 0.717) is 43.4 Å². The number of sulfonamides is 1. The molecule has 0 saturated heterocycles. The molecule has 0 bridgehead atoms. The summed E-state index contributed by atoms with van der Waals surface area (Å²) in [4.78, 5) is 12.3. The maximum Gasteiger partial charge on any atom is 0.246 e. The number of nitrogens with one attached hydrogen (secondary N) is 1. The summed E-state index contributed by atoms with van der Waals surface area (Å²) in [6.07, 6.45) is 0.714. The number of hydrogen-bond donors (Lipinski definition) is 1. The second kappa shape index (κ2) is 11.6. The highest BCUT2D eigenvalue weighted by molar-refractivity contribution is 7.89. The third-order valence-electron chi connectivity index (χ3n) is 4.24. The van der Waals surface area contributed by atoms with E-state index in [1.54, 1.807) is 19.1 Å². The lowest BCUT2D eigenvalue weighted by atomic mass is 10.2. The molecule has 31 heavy (non-hydrogen) atoms. The molecule has 0 aromatic heterocycles. The third-order valence-corrected chi connectivity index (χ3v) is 6.08. The molecule has 0 saturated carbocycles. The van der Waals surface area contributed by atoms with Gasteiger partial charge in [0.15, 0.2) is 11.5 Å². The largest absolute Gasteiger partial charge is 0.492 e. The number of carbonyl (C=O) groups excluding carboxylic acids is 1. The molecule has 0 unspecified atom stereocenters. The van der Waals surface area contributed by atoms with Gasteiger partial charge in [-0.1, -0.05) is 12.1 Å². The first-order chi connectivity index (χ1) is 14.8. The summed E-state index contributed by atoms with van der Waals surface area (Å²) in [6, 6.07) is 11.9. The molecular weight excluding hydrogens is 420 g/mol. The Morgan fingerprint density at radius 3 is 2.16 bits per heavy atom. The van der Waals surface area contributed by atoms with Gasteiger partial charge in [-0.25, -0.2) is 12.7 Å². The zero-order valence-electron chi connectivity index (χ0n) is 18.4. The lowest BCUT2D eigenvalue weighted by Gasteiger charge is -2.16. The number of hydrogen-bond acceptors (Lipinski definition) is 6. The van der Waals surface area contributed by atoms with Crippen LogP contribution in [-0.4, -0.2) is 52.5 Å². The molecular formula is C22H30N2O6S. The first-order valence-electron chi connectivity index (χ1n) is 10.1. The third kappa shape index (κ3) is 6.86. The van der Waals surface area contributed by atoms with Crippen LogP contribution in [0.1, 0.15) is 26.7 Å². The smallest absolute Gasteiger partial charge is 0.246 e. The van der Waals surface area contributed by atoms with Gasteiger partial charge in [0.05, 0.1) is 19.8 Å². The van der Waals surface area contributed by atoms with Crippen molar-refractivity contribution in [1.82, 2.24) is 4.31 Å². The molecule has 170 valence electrons. The fourth-order valence-corrected chi connectivity index (χ4v) is 3.79. The highest BCUT2D eigenvalue weighted by Gasteiger charge is 2.23. The van der Waals surface area contributed by atoms with E-state index in [0.717, 1.165) is 4.31 Å². The van der Waals surface area contributed by atoms with Crippen molar-refractivity contribution in [2.45, 2.75) is 31.6 Å². The van der Waals surface area contributed by atoms with Crippen LogP contribution in [0.15, 0.2) is 47.4 Å². The Kier molecular flexibility index (Phi) is 9.14. The van der Waals surface area contributed by atoms with E-state index in [1.165, 1.54) is 20.2 Å². The lowest BCUT2D eigenvalue weighted by molar-refractivity contribution is -0.116. The average Bonchev–Trinajstić information content (AvgIpc) is 2.73. The van der Waals surface area contributed by atoms with Crippen LogP contribution in [-0.2, 0) is 14.8 Å². The zero-order chi connectivity index (χ0) is 22.9. The summed E-state index contributed by atoms with van der Waals surface area (Å²) in [5.41, 5.74) is 0.386. The minimum absolute atomic E-state index is 0.00742. The predicted molar refractivity (Wildman–Crippen MR) is 119 cm³/mol. The van der Waals surface area contributed by atoms with Crippen molar-refractivity contribution in [3.8, 4) is 17.2 Å². The maximum atomic E-state index is 12.6. The number of rotatable bonds is 12. The number of para-hydroxylation sites is 2. The summed E-state index contributed by atoms with van der Waals surface area (Å²) in [5.74, 6) is 1.31. The Morgan fingerprint density at radius 1 is 0.935 bits per heavy atom. The minimum Gasteiger partial charge on any atom is -0.492 e. The number of nitrogens with zero attached hydrogens (tertiary/aromatic N) is 1. The number of amides is 1. The molecule has 1 N–H and O–H groups in total. The topological polar surface area (TPSA) is 94.2 Å². The fraction of sp³-hybridized carbons (Fsp3) is 0.409. The van der Waals surface area contributed by atoms with Gasteiger partial charge in [-0.05, 0) is 50.6 Å². The molecule has 2 aromatic carbocycles. The number of ether oxygens (including phenoxy) is 3. The van der Waals surface area contributed by atoms with Gasteiger partial charge in [-0.15, -0.1) is 0 Å². The van der Waals surface area contributed by atoms with Crippen LogP contribution in [0.3, 0.4) is 0 Å². The van der Waals surface area contributed by atoms with E-state index in [1.807, 2.05) is 31.2 Å². The van der Waals surface area contributed by atoms with Gasteiger partial charge in [-0.2, -0.15) is 0 Å². The normalized spacial score (nSPS) is 11.3.